The maximum atomic E-state index is 2.49. The predicted molar refractivity (Wildman–Crippen MR) is 124 cm³/mol. The average Bonchev–Trinajstić information content (AvgIpc) is 3.22. The van der Waals surface area contributed by atoms with Crippen molar-refractivity contribution in [2.75, 3.05) is 12.8 Å². The van der Waals surface area contributed by atoms with E-state index >= 15 is 0 Å². The zero-order valence-electron chi connectivity index (χ0n) is 16.0. The summed E-state index contributed by atoms with van der Waals surface area (Å²) < 4.78 is 0. The van der Waals surface area contributed by atoms with Crippen LogP contribution in [-0.2, 0) is 0 Å². The van der Waals surface area contributed by atoms with E-state index < -0.39 is 0 Å². The van der Waals surface area contributed by atoms with Gasteiger partial charge in [0.1, 0.15) is 0 Å². The summed E-state index contributed by atoms with van der Waals surface area (Å²) in [4.78, 5) is 0. The minimum Gasteiger partial charge on any atom is -0.0721 e. The van der Waals surface area contributed by atoms with Crippen molar-refractivity contribution in [3.63, 3.8) is 0 Å². The minimum atomic E-state index is -0.209. The molecule has 0 spiro atoms. The Morgan fingerprint density at radius 3 is 2.11 bits per heavy atom. The lowest BCUT2D eigenvalue weighted by atomic mass is 10.1. The highest BCUT2D eigenvalue weighted by Crippen LogP contribution is 2.57. The van der Waals surface area contributed by atoms with Gasteiger partial charge < -0.3 is 0 Å². The van der Waals surface area contributed by atoms with Gasteiger partial charge in [0.15, 0.2) is 0 Å². The summed E-state index contributed by atoms with van der Waals surface area (Å²) in [5.41, 5.74) is 3.05. The molecule has 0 bridgehead atoms. The van der Waals surface area contributed by atoms with Crippen molar-refractivity contribution in [2.24, 2.45) is 0 Å². The van der Waals surface area contributed by atoms with Gasteiger partial charge in [-0.2, -0.15) is 0 Å². The van der Waals surface area contributed by atoms with Crippen LogP contribution in [0.1, 0.15) is 30.5 Å². The molecule has 27 heavy (non-hydrogen) atoms. The van der Waals surface area contributed by atoms with Crippen LogP contribution in [0.5, 0.6) is 0 Å². The molecule has 3 aromatic carbocycles. The quantitative estimate of drug-likeness (QED) is 0.420. The third kappa shape index (κ3) is 4.51. The SMILES string of the molecule is CP(c1ccccc1)C(CC1CCCP1c1ccccc1)c1ccccc1. The molecule has 4 atom stereocenters. The molecule has 0 aliphatic carbocycles. The third-order valence-electron chi connectivity index (χ3n) is 5.78. The Morgan fingerprint density at radius 1 is 0.852 bits per heavy atom. The first-order chi connectivity index (χ1) is 13.3. The molecule has 0 aromatic heterocycles. The fourth-order valence-corrected chi connectivity index (χ4v) is 9.78. The van der Waals surface area contributed by atoms with Gasteiger partial charge in [0, 0.05) is 5.66 Å². The first-order valence-electron chi connectivity index (χ1n) is 9.97. The third-order valence-corrected chi connectivity index (χ3v) is 11.4. The van der Waals surface area contributed by atoms with E-state index in [-0.39, 0.29) is 15.8 Å². The van der Waals surface area contributed by atoms with Crippen molar-refractivity contribution < 1.29 is 0 Å². The van der Waals surface area contributed by atoms with Crippen molar-refractivity contribution in [3.8, 4) is 0 Å². The number of hydrogen-bond acceptors (Lipinski definition) is 0. The van der Waals surface area contributed by atoms with E-state index in [4.69, 9.17) is 0 Å². The Labute approximate surface area is 166 Å². The molecular formula is C25H28P2. The van der Waals surface area contributed by atoms with E-state index in [1.54, 1.807) is 5.30 Å². The van der Waals surface area contributed by atoms with Crippen LogP contribution in [0.3, 0.4) is 0 Å². The van der Waals surface area contributed by atoms with Gasteiger partial charge in [-0.15, -0.1) is 0 Å². The minimum absolute atomic E-state index is 0.00983. The molecule has 1 saturated heterocycles. The molecule has 0 saturated carbocycles. The van der Waals surface area contributed by atoms with E-state index in [9.17, 15) is 0 Å². The van der Waals surface area contributed by atoms with Crippen molar-refractivity contribution in [1.82, 2.24) is 0 Å². The Balaban J connectivity index is 1.61. The summed E-state index contributed by atoms with van der Waals surface area (Å²) in [6.45, 7) is 2.49. The molecule has 0 radical (unpaired) electrons. The highest BCUT2D eigenvalue weighted by molar-refractivity contribution is 7.67. The van der Waals surface area contributed by atoms with Crippen LogP contribution in [0.15, 0.2) is 91.0 Å². The Hall–Kier alpha value is -1.48. The molecule has 0 N–H and O–H groups in total. The van der Waals surface area contributed by atoms with Gasteiger partial charge in [-0.25, -0.2) is 0 Å². The normalized spacial score (nSPS) is 21.7. The molecule has 1 heterocycles. The second kappa shape index (κ2) is 9.14. The fraction of sp³-hybridized carbons (Fsp3) is 0.280. The first kappa shape index (κ1) is 18.9. The molecule has 4 unspecified atom stereocenters. The Kier molecular flexibility index (Phi) is 6.39. The molecule has 138 valence electrons. The van der Waals surface area contributed by atoms with Crippen LogP contribution >= 0.6 is 15.8 Å². The van der Waals surface area contributed by atoms with E-state index in [2.05, 4.69) is 97.7 Å². The summed E-state index contributed by atoms with van der Waals surface area (Å²) >= 11 is 0. The number of rotatable bonds is 6. The van der Waals surface area contributed by atoms with E-state index in [1.165, 1.54) is 36.3 Å². The van der Waals surface area contributed by atoms with Crippen LogP contribution in [0.2, 0.25) is 0 Å². The van der Waals surface area contributed by atoms with Crippen molar-refractivity contribution in [1.29, 1.82) is 0 Å². The monoisotopic (exact) mass is 390 g/mol. The highest BCUT2D eigenvalue weighted by Gasteiger charge is 2.32. The fourth-order valence-electron chi connectivity index (χ4n) is 4.33. The second-order valence-corrected chi connectivity index (χ2v) is 12.4. The van der Waals surface area contributed by atoms with Gasteiger partial charge in [0.25, 0.3) is 0 Å². The molecule has 2 heteroatoms. The lowest BCUT2D eigenvalue weighted by molar-refractivity contribution is 0.699. The van der Waals surface area contributed by atoms with Crippen LogP contribution in [0.25, 0.3) is 0 Å². The van der Waals surface area contributed by atoms with Gasteiger partial charge in [-0.3, -0.25) is 0 Å². The largest absolute Gasteiger partial charge is 0.0721 e. The van der Waals surface area contributed by atoms with Gasteiger partial charge in [-0.05, 0) is 53.9 Å². The van der Waals surface area contributed by atoms with Crippen LogP contribution in [-0.4, -0.2) is 18.5 Å². The van der Waals surface area contributed by atoms with Crippen molar-refractivity contribution >= 4 is 26.5 Å². The number of benzene rings is 3. The van der Waals surface area contributed by atoms with Crippen molar-refractivity contribution in [2.45, 2.75) is 30.6 Å². The first-order valence-corrected chi connectivity index (χ1v) is 13.4. The molecule has 0 amide bonds. The average molecular weight is 390 g/mol. The zero-order valence-corrected chi connectivity index (χ0v) is 17.8. The van der Waals surface area contributed by atoms with Gasteiger partial charge in [-0.1, -0.05) is 107 Å². The van der Waals surface area contributed by atoms with E-state index in [1.807, 2.05) is 0 Å². The van der Waals surface area contributed by atoms with Gasteiger partial charge >= 0.3 is 0 Å². The molecule has 4 rings (SSSR count). The smallest absolute Gasteiger partial charge is 0.00855 e. The van der Waals surface area contributed by atoms with Crippen LogP contribution in [0.4, 0.5) is 0 Å². The van der Waals surface area contributed by atoms with E-state index in [0.717, 1.165) is 5.66 Å². The van der Waals surface area contributed by atoms with Gasteiger partial charge in [0.2, 0.25) is 0 Å². The van der Waals surface area contributed by atoms with Crippen LogP contribution in [0, 0.1) is 0 Å². The highest BCUT2D eigenvalue weighted by atomic mass is 31.1. The second-order valence-electron chi connectivity index (χ2n) is 7.43. The zero-order chi connectivity index (χ0) is 18.5. The topological polar surface area (TPSA) is 0 Å². The Bertz CT molecular complexity index is 817. The summed E-state index contributed by atoms with van der Waals surface area (Å²) in [6, 6.07) is 33.8. The molecule has 1 aliphatic rings. The summed E-state index contributed by atoms with van der Waals surface area (Å²) in [5, 5.41) is 3.14. The molecular weight excluding hydrogens is 362 g/mol. The van der Waals surface area contributed by atoms with Crippen molar-refractivity contribution in [3.05, 3.63) is 96.6 Å². The maximum absolute atomic E-state index is 2.49. The molecule has 3 aromatic rings. The van der Waals surface area contributed by atoms with Crippen LogP contribution < -0.4 is 10.6 Å². The molecule has 0 nitrogen and oxygen atoms in total. The summed E-state index contributed by atoms with van der Waals surface area (Å²) in [5.74, 6) is 0. The van der Waals surface area contributed by atoms with Gasteiger partial charge in [0.05, 0.1) is 0 Å². The maximum Gasteiger partial charge on any atom is 0.00855 e. The standard InChI is InChI=1S/C25H28P2/c1-26(22-14-7-3-8-15-22)25(21-12-5-2-6-13-21)20-24-18-11-19-27(24)23-16-9-4-10-17-23/h2-10,12-17,24-25H,11,18-20H2,1H3. The number of hydrogen-bond donors (Lipinski definition) is 0. The molecule has 1 aliphatic heterocycles. The lowest BCUT2D eigenvalue weighted by Gasteiger charge is -2.31. The Morgan fingerprint density at radius 2 is 1.44 bits per heavy atom. The van der Waals surface area contributed by atoms with E-state index in [0.29, 0.717) is 5.66 Å². The summed E-state index contributed by atoms with van der Waals surface area (Å²) in [7, 11) is -0.219. The lowest BCUT2D eigenvalue weighted by Crippen LogP contribution is -2.15. The summed E-state index contributed by atoms with van der Waals surface area (Å²) in [6.07, 6.45) is 5.56. The predicted octanol–water partition coefficient (Wildman–Crippen LogP) is 6.52. The molecule has 1 fully saturated rings.